The standard InChI is InChI=1S/C26H20BrN3O6S/c1-2-29-24(31)23(37-26(29)28-19-7-4-6-18(14-19)25(32)33)13-16-9-10-22(21(27)12-16)36-15-17-5-3-8-20(11-17)30(34)35/h3-14H,2,15H2,1H3,(H,32,33)/b23-13-,28-26?. The number of carboxylic acids is 1. The zero-order valence-electron chi connectivity index (χ0n) is 19.5. The first kappa shape index (κ1) is 26.1. The van der Waals surface area contributed by atoms with Crippen molar-refractivity contribution in [2.24, 2.45) is 4.99 Å². The van der Waals surface area contributed by atoms with Crippen LogP contribution in [0, 0.1) is 10.1 Å². The number of hydrogen-bond acceptors (Lipinski definition) is 7. The number of carbonyl (C=O) groups excluding carboxylic acids is 1. The summed E-state index contributed by atoms with van der Waals surface area (Å²) in [5, 5.41) is 20.7. The molecule has 0 atom stereocenters. The SMILES string of the molecule is CCN1C(=O)/C(=C/c2ccc(OCc3cccc([N+](=O)[O-])c3)c(Br)c2)SC1=Nc1cccc(C(=O)O)c1. The van der Waals surface area contributed by atoms with Crippen molar-refractivity contribution in [3.05, 3.63) is 103 Å². The van der Waals surface area contributed by atoms with Gasteiger partial charge in [-0.1, -0.05) is 24.3 Å². The summed E-state index contributed by atoms with van der Waals surface area (Å²) in [5.41, 5.74) is 1.99. The summed E-state index contributed by atoms with van der Waals surface area (Å²) in [6, 6.07) is 17.8. The summed E-state index contributed by atoms with van der Waals surface area (Å²) in [6.45, 7) is 2.41. The molecule has 0 bridgehead atoms. The molecule has 0 aromatic heterocycles. The first-order chi connectivity index (χ1) is 17.7. The molecule has 0 spiro atoms. The minimum Gasteiger partial charge on any atom is -0.488 e. The molecule has 3 aromatic rings. The minimum atomic E-state index is -1.05. The Hall–Kier alpha value is -3.96. The fourth-order valence-corrected chi connectivity index (χ4v) is 5.06. The number of rotatable bonds is 8. The van der Waals surface area contributed by atoms with Crippen LogP contribution in [0.2, 0.25) is 0 Å². The predicted molar refractivity (Wildman–Crippen MR) is 145 cm³/mol. The highest BCUT2D eigenvalue weighted by Gasteiger charge is 2.32. The summed E-state index contributed by atoms with van der Waals surface area (Å²) in [4.78, 5) is 41.3. The zero-order chi connectivity index (χ0) is 26.5. The van der Waals surface area contributed by atoms with Crippen LogP contribution >= 0.6 is 27.7 Å². The van der Waals surface area contributed by atoms with E-state index in [1.54, 1.807) is 42.5 Å². The molecule has 1 aliphatic heterocycles. The van der Waals surface area contributed by atoms with Gasteiger partial charge in [-0.15, -0.1) is 0 Å². The van der Waals surface area contributed by atoms with Gasteiger partial charge in [0, 0.05) is 18.7 Å². The third kappa shape index (κ3) is 6.25. The molecule has 0 aliphatic carbocycles. The molecule has 9 nitrogen and oxygen atoms in total. The minimum absolute atomic E-state index is 0.000471. The number of halogens is 1. The normalized spacial score (nSPS) is 15.4. The maximum absolute atomic E-state index is 13.0. The van der Waals surface area contributed by atoms with Crippen molar-refractivity contribution in [1.29, 1.82) is 0 Å². The van der Waals surface area contributed by atoms with Gasteiger partial charge in [0.05, 0.1) is 25.6 Å². The van der Waals surface area contributed by atoms with Gasteiger partial charge in [0.2, 0.25) is 0 Å². The molecule has 0 saturated carbocycles. The van der Waals surface area contributed by atoms with Crippen molar-refractivity contribution in [3.63, 3.8) is 0 Å². The van der Waals surface area contributed by atoms with Gasteiger partial charge < -0.3 is 9.84 Å². The van der Waals surface area contributed by atoms with Crippen LogP contribution in [0.3, 0.4) is 0 Å². The molecule has 1 fully saturated rings. The van der Waals surface area contributed by atoms with Crippen LogP contribution in [0.1, 0.15) is 28.4 Å². The lowest BCUT2D eigenvalue weighted by molar-refractivity contribution is -0.384. The predicted octanol–water partition coefficient (Wildman–Crippen LogP) is 6.26. The van der Waals surface area contributed by atoms with Gasteiger partial charge in [0.25, 0.3) is 11.6 Å². The van der Waals surface area contributed by atoms with Crippen LogP contribution in [-0.4, -0.2) is 38.5 Å². The molecule has 188 valence electrons. The maximum atomic E-state index is 13.0. The second kappa shape index (κ2) is 11.4. The molecule has 11 heteroatoms. The highest BCUT2D eigenvalue weighted by molar-refractivity contribution is 9.10. The highest BCUT2D eigenvalue weighted by atomic mass is 79.9. The quantitative estimate of drug-likeness (QED) is 0.189. The fourth-order valence-electron chi connectivity index (χ4n) is 3.49. The first-order valence-corrected chi connectivity index (χ1v) is 12.6. The van der Waals surface area contributed by atoms with Crippen LogP contribution in [0.15, 0.2) is 81.1 Å². The van der Waals surface area contributed by atoms with Crippen molar-refractivity contribution in [2.45, 2.75) is 13.5 Å². The van der Waals surface area contributed by atoms with E-state index in [1.807, 2.05) is 13.0 Å². The van der Waals surface area contributed by atoms with Gasteiger partial charge in [0.1, 0.15) is 12.4 Å². The number of ether oxygens (including phenoxy) is 1. The summed E-state index contributed by atoms with van der Waals surface area (Å²) in [5.74, 6) is -0.689. The number of non-ortho nitro benzene ring substituents is 1. The van der Waals surface area contributed by atoms with E-state index in [9.17, 15) is 24.8 Å². The lowest BCUT2D eigenvalue weighted by Gasteiger charge is -2.12. The monoisotopic (exact) mass is 581 g/mol. The molecule has 1 aliphatic rings. The number of aromatic carboxylic acids is 1. The van der Waals surface area contributed by atoms with E-state index in [0.717, 1.165) is 5.56 Å². The van der Waals surface area contributed by atoms with Crippen molar-refractivity contribution in [2.75, 3.05) is 6.54 Å². The van der Waals surface area contributed by atoms with Crippen molar-refractivity contribution in [1.82, 2.24) is 4.90 Å². The molecule has 4 rings (SSSR count). The highest BCUT2D eigenvalue weighted by Crippen LogP contribution is 2.35. The molecule has 1 N–H and O–H groups in total. The Morgan fingerprint density at radius 3 is 2.68 bits per heavy atom. The van der Waals surface area contributed by atoms with Crippen molar-refractivity contribution in [3.8, 4) is 5.75 Å². The number of likely N-dealkylation sites (N-methyl/N-ethyl adjacent to an activating group) is 1. The average Bonchev–Trinajstić information content (AvgIpc) is 3.17. The summed E-state index contributed by atoms with van der Waals surface area (Å²) < 4.78 is 6.48. The lowest BCUT2D eigenvalue weighted by Crippen LogP contribution is -2.28. The Morgan fingerprint density at radius 2 is 1.97 bits per heavy atom. The van der Waals surface area contributed by atoms with E-state index in [0.29, 0.717) is 38.1 Å². The van der Waals surface area contributed by atoms with Gasteiger partial charge in [-0.2, -0.15) is 0 Å². The van der Waals surface area contributed by atoms with Gasteiger partial charge in [-0.25, -0.2) is 9.79 Å². The Balaban J connectivity index is 1.51. The van der Waals surface area contributed by atoms with E-state index in [4.69, 9.17) is 4.74 Å². The van der Waals surface area contributed by atoms with Crippen LogP contribution in [0.25, 0.3) is 6.08 Å². The van der Waals surface area contributed by atoms with Gasteiger partial charge in [-0.3, -0.25) is 19.8 Å². The molecular formula is C26H20BrN3O6S. The smallest absolute Gasteiger partial charge is 0.335 e. The number of benzene rings is 3. The largest absolute Gasteiger partial charge is 0.488 e. The van der Waals surface area contributed by atoms with Gasteiger partial charge in [-0.05, 0) is 82.2 Å². The lowest BCUT2D eigenvalue weighted by atomic mass is 10.2. The average molecular weight is 582 g/mol. The molecule has 3 aromatic carbocycles. The van der Waals surface area contributed by atoms with Crippen LogP contribution in [-0.2, 0) is 11.4 Å². The first-order valence-electron chi connectivity index (χ1n) is 11.0. The summed E-state index contributed by atoms with van der Waals surface area (Å²) in [6.07, 6.45) is 1.75. The third-order valence-electron chi connectivity index (χ3n) is 5.29. The Labute approximate surface area is 224 Å². The third-order valence-corrected chi connectivity index (χ3v) is 6.92. The maximum Gasteiger partial charge on any atom is 0.335 e. The number of amides is 1. The fraction of sp³-hybridized carbons (Fsp3) is 0.115. The van der Waals surface area contributed by atoms with Gasteiger partial charge >= 0.3 is 5.97 Å². The summed E-state index contributed by atoms with van der Waals surface area (Å²) in [7, 11) is 0. The molecule has 1 saturated heterocycles. The molecule has 1 heterocycles. The Morgan fingerprint density at radius 1 is 1.19 bits per heavy atom. The Kier molecular flexibility index (Phi) is 8.04. The number of carboxylic acid groups (broad SMARTS) is 1. The summed E-state index contributed by atoms with van der Waals surface area (Å²) >= 11 is 4.70. The number of carbonyl (C=O) groups is 2. The number of thioether (sulfide) groups is 1. The molecule has 37 heavy (non-hydrogen) atoms. The molecule has 0 radical (unpaired) electrons. The van der Waals surface area contributed by atoms with E-state index in [2.05, 4.69) is 20.9 Å². The number of amidine groups is 1. The van der Waals surface area contributed by atoms with Gasteiger partial charge in [0.15, 0.2) is 5.17 Å². The van der Waals surface area contributed by atoms with E-state index < -0.39 is 10.9 Å². The molecule has 1 amide bonds. The number of nitro benzene ring substituents is 1. The number of nitro groups is 1. The molecular weight excluding hydrogens is 562 g/mol. The van der Waals surface area contributed by atoms with Crippen LogP contribution in [0.4, 0.5) is 11.4 Å². The second-order valence-electron chi connectivity index (χ2n) is 7.82. The van der Waals surface area contributed by atoms with Crippen molar-refractivity contribution >= 4 is 62.2 Å². The Bertz CT molecular complexity index is 1460. The number of hydrogen-bond donors (Lipinski definition) is 1. The topological polar surface area (TPSA) is 122 Å². The molecule has 0 unspecified atom stereocenters. The van der Waals surface area contributed by atoms with E-state index >= 15 is 0 Å². The van der Waals surface area contributed by atoms with E-state index in [-0.39, 0.29) is 23.8 Å². The van der Waals surface area contributed by atoms with Crippen LogP contribution < -0.4 is 4.74 Å². The number of nitrogens with zero attached hydrogens (tertiary/aromatic N) is 3. The van der Waals surface area contributed by atoms with Crippen LogP contribution in [0.5, 0.6) is 5.75 Å². The number of aliphatic imine (C=N–C) groups is 1. The van der Waals surface area contributed by atoms with E-state index in [1.165, 1.54) is 40.9 Å². The second-order valence-corrected chi connectivity index (χ2v) is 9.68. The van der Waals surface area contributed by atoms with Crippen molar-refractivity contribution < 1.29 is 24.4 Å². The zero-order valence-corrected chi connectivity index (χ0v) is 21.9.